The van der Waals surface area contributed by atoms with E-state index in [4.69, 9.17) is 0 Å². The number of carbonyl (C=O) groups is 1. The van der Waals surface area contributed by atoms with Gasteiger partial charge >= 0.3 is 0 Å². The van der Waals surface area contributed by atoms with Crippen molar-refractivity contribution in [2.45, 2.75) is 31.3 Å². The highest BCUT2D eigenvalue weighted by atomic mass is 16.2. The molecule has 2 bridgehead atoms. The summed E-state index contributed by atoms with van der Waals surface area (Å²) in [5.74, 6) is 0.0399. The summed E-state index contributed by atoms with van der Waals surface area (Å²) < 4.78 is 1.91. The molecule has 2 aromatic rings. The van der Waals surface area contributed by atoms with Gasteiger partial charge in [-0.05, 0) is 43.0 Å². The average molecular weight is 337 g/mol. The maximum atomic E-state index is 13.0. The predicted octanol–water partition coefficient (Wildman–Crippen LogP) is 2.34. The third-order valence-corrected chi connectivity index (χ3v) is 5.26. The van der Waals surface area contributed by atoms with Crippen LogP contribution in [0.1, 0.15) is 35.4 Å². The molecule has 2 aliphatic rings. The summed E-state index contributed by atoms with van der Waals surface area (Å²) in [5.41, 5.74) is 3.97. The van der Waals surface area contributed by atoms with Gasteiger partial charge in [-0.15, -0.1) is 0 Å². The molecule has 4 rings (SSSR count). The Hall–Kier alpha value is -2.63. The molecule has 0 saturated carbocycles. The first kappa shape index (κ1) is 15.9. The van der Waals surface area contributed by atoms with Crippen LogP contribution in [-0.2, 0) is 7.05 Å². The minimum atomic E-state index is 0.0399. The minimum Gasteiger partial charge on any atom is -0.376 e. The van der Waals surface area contributed by atoms with Crippen molar-refractivity contribution in [2.75, 3.05) is 19.0 Å². The van der Waals surface area contributed by atoms with Gasteiger partial charge in [0.05, 0.1) is 23.6 Å². The number of fused-ring (bicyclic) bond motifs is 2. The topological polar surface area (TPSA) is 54.3 Å². The fourth-order valence-electron chi connectivity index (χ4n) is 3.93. The highest BCUT2D eigenvalue weighted by molar-refractivity contribution is 5.94. The predicted molar refractivity (Wildman–Crippen MR) is 97.3 cm³/mol. The SMILES string of the molecule is CN(C)c1ccc(C(=O)N2[C@@H]3CC[C@@H]2C=C(c2ccnn2C)C3)nc1. The van der Waals surface area contributed by atoms with Crippen LogP contribution in [0.4, 0.5) is 5.69 Å². The van der Waals surface area contributed by atoms with Crippen molar-refractivity contribution in [2.24, 2.45) is 7.05 Å². The molecule has 6 nitrogen and oxygen atoms in total. The number of hydrogen-bond donors (Lipinski definition) is 0. The Morgan fingerprint density at radius 3 is 2.68 bits per heavy atom. The molecule has 6 heteroatoms. The third-order valence-electron chi connectivity index (χ3n) is 5.26. The fourth-order valence-corrected chi connectivity index (χ4v) is 3.93. The Morgan fingerprint density at radius 2 is 2.08 bits per heavy atom. The molecular weight excluding hydrogens is 314 g/mol. The number of amides is 1. The molecule has 1 fully saturated rings. The van der Waals surface area contributed by atoms with Crippen molar-refractivity contribution in [1.82, 2.24) is 19.7 Å². The van der Waals surface area contributed by atoms with Crippen molar-refractivity contribution in [3.05, 3.63) is 48.1 Å². The Morgan fingerprint density at radius 1 is 1.24 bits per heavy atom. The molecule has 2 atom stereocenters. The van der Waals surface area contributed by atoms with E-state index < -0.39 is 0 Å². The Kier molecular flexibility index (Phi) is 3.82. The number of hydrogen-bond acceptors (Lipinski definition) is 4. The smallest absolute Gasteiger partial charge is 0.273 e. The number of anilines is 1. The molecule has 2 aliphatic heterocycles. The lowest BCUT2D eigenvalue weighted by Gasteiger charge is -2.34. The molecule has 0 radical (unpaired) electrons. The second-order valence-corrected chi connectivity index (χ2v) is 7.04. The van der Waals surface area contributed by atoms with Gasteiger partial charge in [-0.1, -0.05) is 6.08 Å². The Bertz CT molecular complexity index is 821. The van der Waals surface area contributed by atoms with Crippen LogP contribution >= 0.6 is 0 Å². The highest BCUT2D eigenvalue weighted by Crippen LogP contribution is 2.39. The van der Waals surface area contributed by atoms with E-state index in [1.807, 2.05) is 60.0 Å². The zero-order chi connectivity index (χ0) is 17.6. The lowest BCUT2D eigenvalue weighted by Crippen LogP contribution is -2.43. The summed E-state index contributed by atoms with van der Waals surface area (Å²) in [6.45, 7) is 0. The second-order valence-electron chi connectivity index (χ2n) is 7.04. The molecule has 1 saturated heterocycles. The number of aromatic nitrogens is 3. The lowest BCUT2D eigenvalue weighted by molar-refractivity contribution is 0.0686. The molecule has 4 heterocycles. The molecule has 2 aromatic heterocycles. The van der Waals surface area contributed by atoms with Crippen LogP contribution in [0.3, 0.4) is 0 Å². The quantitative estimate of drug-likeness (QED) is 0.863. The van der Waals surface area contributed by atoms with Crippen LogP contribution in [-0.4, -0.2) is 51.8 Å². The van der Waals surface area contributed by atoms with E-state index in [1.54, 1.807) is 6.20 Å². The molecule has 0 spiro atoms. The molecule has 0 N–H and O–H groups in total. The summed E-state index contributed by atoms with van der Waals surface area (Å²) in [7, 11) is 5.90. The molecule has 0 aromatic carbocycles. The van der Waals surface area contributed by atoms with Crippen LogP contribution in [0.2, 0.25) is 0 Å². The van der Waals surface area contributed by atoms with E-state index in [-0.39, 0.29) is 18.0 Å². The van der Waals surface area contributed by atoms with Crippen LogP contribution in [0, 0.1) is 0 Å². The average Bonchev–Trinajstić information content (AvgIpc) is 3.15. The summed E-state index contributed by atoms with van der Waals surface area (Å²) in [6, 6.07) is 6.24. The van der Waals surface area contributed by atoms with Gasteiger partial charge in [-0.25, -0.2) is 4.98 Å². The number of carbonyl (C=O) groups excluding carboxylic acids is 1. The standard InChI is InChI=1S/C19H23N5O/c1-22(2)16-6-7-17(20-12-16)19(25)24-14-4-5-15(24)11-13(10-14)18-8-9-21-23(18)3/h6-10,12,14-15H,4-5,11H2,1-3H3/t14-,15-/m1/s1. The fraction of sp³-hybridized carbons (Fsp3) is 0.421. The minimum absolute atomic E-state index is 0.0399. The van der Waals surface area contributed by atoms with Gasteiger partial charge in [0.15, 0.2) is 0 Å². The zero-order valence-corrected chi connectivity index (χ0v) is 14.9. The Balaban J connectivity index is 1.59. The van der Waals surface area contributed by atoms with E-state index in [2.05, 4.69) is 16.2 Å². The van der Waals surface area contributed by atoms with Gasteiger partial charge < -0.3 is 9.80 Å². The Labute approximate surface area is 147 Å². The maximum Gasteiger partial charge on any atom is 0.273 e. The summed E-state index contributed by atoms with van der Waals surface area (Å²) in [6.07, 6.45) is 8.78. The normalized spacial score (nSPS) is 22.0. The van der Waals surface area contributed by atoms with Crippen molar-refractivity contribution < 1.29 is 4.79 Å². The van der Waals surface area contributed by atoms with Crippen LogP contribution < -0.4 is 4.90 Å². The molecule has 130 valence electrons. The lowest BCUT2D eigenvalue weighted by atomic mass is 9.98. The van der Waals surface area contributed by atoms with Crippen LogP contribution in [0.25, 0.3) is 5.57 Å². The van der Waals surface area contributed by atoms with Crippen molar-refractivity contribution >= 4 is 17.2 Å². The molecule has 0 aliphatic carbocycles. The van der Waals surface area contributed by atoms with Crippen LogP contribution in [0.5, 0.6) is 0 Å². The number of pyridine rings is 1. The van der Waals surface area contributed by atoms with Crippen LogP contribution in [0.15, 0.2) is 36.7 Å². The van der Waals surface area contributed by atoms with Gasteiger partial charge in [0.1, 0.15) is 5.69 Å². The number of aryl methyl sites for hydroxylation is 1. The first-order valence-corrected chi connectivity index (χ1v) is 8.69. The molecule has 0 unspecified atom stereocenters. The zero-order valence-electron chi connectivity index (χ0n) is 14.9. The van der Waals surface area contributed by atoms with E-state index in [0.717, 1.165) is 30.6 Å². The van der Waals surface area contributed by atoms with Gasteiger partial charge in [0.2, 0.25) is 0 Å². The maximum absolute atomic E-state index is 13.0. The number of rotatable bonds is 3. The molecule has 1 amide bonds. The van der Waals surface area contributed by atoms with Gasteiger partial charge in [0.25, 0.3) is 5.91 Å². The van der Waals surface area contributed by atoms with Gasteiger partial charge in [-0.3, -0.25) is 9.48 Å². The first-order chi connectivity index (χ1) is 12.0. The first-order valence-electron chi connectivity index (χ1n) is 8.69. The highest BCUT2D eigenvalue weighted by Gasteiger charge is 2.40. The monoisotopic (exact) mass is 337 g/mol. The summed E-state index contributed by atoms with van der Waals surface area (Å²) in [5, 5.41) is 4.27. The van der Waals surface area contributed by atoms with E-state index in [1.165, 1.54) is 5.57 Å². The second kappa shape index (κ2) is 6.02. The van der Waals surface area contributed by atoms with Crippen molar-refractivity contribution in [1.29, 1.82) is 0 Å². The summed E-state index contributed by atoms with van der Waals surface area (Å²) >= 11 is 0. The van der Waals surface area contributed by atoms with E-state index >= 15 is 0 Å². The van der Waals surface area contributed by atoms with Crippen molar-refractivity contribution in [3.63, 3.8) is 0 Å². The van der Waals surface area contributed by atoms with Gasteiger partial charge in [-0.2, -0.15) is 5.10 Å². The van der Waals surface area contributed by atoms with E-state index in [0.29, 0.717) is 5.69 Å². The van der Waals surface area contributed by atoms with Gasteiger partial charge in [0, 0.05) is 33.4 Å². The largest absolute Gasteiger partial charge is 0.376 e. The summed E-state index contributed by atoms with van der Waals surface area (Å²) in [4.78, 5) is 21.4. The molecular formula is C19H23N5O. The third kappa shape index (κ3) is 2.71. The van der Waals surface area contributed by atoms with E-state index in [9.17, 15) is 4.79 Å². The van der Waals surface area contributed by atoms with Crippen molar-refractivity contribution in [3.8, 4) is 0 Å². The molecule has 25 heavy (non-hydrogen) atoms. The number of nitrogens with zero attached hydrogens (tertiary/aromatic N) is 5.